The molecule has 4 fully saturated rings. The van der Waals surface area contributed by atoms with Crippen molar-refractivity contribution < 1.29 is 5.11 Å². The van der Waals surface area contributed by atoms with Gasteiger partial charge in [0.2, 0.25) is 0 Å². The highest BCUT2D eigenvalue weighted by molar-refractivity contribution is 5.14. The van der Waals surface area contributed by atoms with Crippen LogP contribution in [0.25, 0.3) is 0 Å². The van der Waals surface area contributed by atoms with Crippen LogP contribution in [0, 0.1) is 34.5 Å². The quantitative estimate of drug-likeness (QED) is 0.740. The summed E-state index contributed by atoms with van der Waals surface area (Å²) in [4.78, 5) is 0. The van der Waals surface area contributed by atoms with E-state index < -0.39 is 5.60 Å². The minimum absolute atomic E-state index is 0.133. The Morgan fingerprint density at radius 3 is 2.44 bits per heavy atom. The van der Waals surface area contributed by atoms with Crippen LogP contribution in [0.2, 0.25) is 0 Å². The normalized spacial score (nSPS) is 52.6. The highest BCUT2D eigenvalue weighted by Gasteiger charge is 2.64. The molecule has 0 aromatic heterocycles. The molecule has 4 aliphatic rings. The standard InChI is InChI=1S/C23H41NO/c1-16(2)24-15-23(25)14-11-20-18-9-8-17-7-5-6-12-21(17,3)19(18)10-13-22(20,23)4/h16-20,24-25H,5-15H2,1-4H3/t17-,18-,19+,20-,21+,22+,23-/m1/s1. The second kappa shape index (κ2) is 6.23. The van der Waals surface area contributed by atoms with Gasteiger partial charge in [-0.05, 0) is 80.5 Å². The Balaban J connectivity index is 1.57. The molecule has 4 rings (SSSR count). The van der Waals surface area contributed by atoms with Gasteiger partial charge >= 0.3 is 0 Å². The summed E-state index contributed by atoms with van der Waals surface area (Å²) >= 11 is 0. The molecular weight excluding hydrogens is 306 g/mol. The Labute approximate surface area is 155 Å². The van der Waals surface area contributed by atoms with Crippen LogP contribution in [0.5, 0.6) is 0 Å². The van der Waals surface area contributed by atoms with E-state index in [2.05, 4.69) is 33.0 Å². The lowest BCUT2D eigenvalue weighted by atomic mass is 9.44. The van der Waals surface area contributed by atoms with Gasteiger partial charge < -0.3 is 10.4 Å². The van der Waals surface area contributed by atoms with Gasteiger partial charge in [0.25, 0.3) is 0 Å². The van der Waals surface area contributed by atoms with E-state index in [0.717, 1.165) is 36.6 Å². The maximum Gasteiger partial charge on any atom is 0.0827 e. The predicted octanol–water partition coefficient (Wildman–Crippen LogP) is 5.15. The van der Waals surface area contributed by atoms with Gasteiger partial charge in [-0.1, -0.05) is 40.5 Å². The van der Waals surface area contributed by atoms with Gasteiger partial charge in [-0.25, -0.2) is 0 Å². The number of fused-ring (bicyclic) bond motifs is 5. The molecule has 0 radical (unpaired) electrons. The molecule has 0 aromatic carbocycles. The van der Waals surface area contributed by atoms with Crippen LogP contribution in [0.1, 0.15) is 91.9 Å². The summed E-state index contributed by atoms with van der Waals surface area (Å²) in [7, 11) is 0. The summed E-state index contributed by atoms with van der Waals surface area (Å²) in [6.07, 6.45) is 13.7. The average Bonchev–Trinajstić information content (AvgIpc) is 2.84. The third kappa shape index (κ3) is 2.64. The fourth-order valence-corrected chi connectivity index (χ4v) is 8.07. The van der Waals surface area contributed by atoms with Crippen LogP contribution in [0.4, 0.5) is 0 Å². The highest BCUT2D eigenvalue weighted by atomic mass is 16.3. The van der Waals surface area contributed by atoms with Crippen LogP contribution < -0.4 is 5.32 Å². The van der Waals surface area contributed by atoms with Gasteiger partial charge in [0.1, 0.15) is 0 Å². The molecule has 144 valence electrons. The van der Waals surface area contributed by atoms with Crippen LogP contribution in [0.15, 0.2) is 0 Å². The van der Waals surface area contributed by atoms with E-state index in [9.17, 15) is 5.11 Å². The molecule has 7 atom stereocenters. The zero-order valence-corrected chi connectivity index (χ0v) is 17.1. The lowest BCUT2D eigenvalue weighted by Gasteiger charge is -2.61. The zero-order chi connectivity index (χ0) is 17.9. The number of rotatable bonds is 3. The summed E-state index contributed by atoms with van der Waals surface area (Å²) in [6.45, 7) is 10.3. The van der Waals surface area contributed by atoms with Crippen molar-refractivity contribution in [3.63, 3.8) is 0 Å². The molecule has 2 nitrogen and oxygen atoms in total. The molecular formula is C23H41NO. The van der Waals surface area contributed by atoms with Crippen molar-refractivity contribution in [3.8, 4) is 0 Å². The number of hydrogen-bond acceptors (Lipinski definition) is 2. The summed E-state index contributed by atoms with van der Waals surface area (Å²) in [5, 5.41) is 15.2. The fourth-order valence-electron chi connectivity index (χ4n) is 8.07. The van der Waals surface area contributed by atoms with Crippen LogP contribution in [0.3, 0.4) is 0 Å². The van der Waals surface area contributed by atoms with Gasteiger partial charge in [-0.15, -0.1) is 0 Å². The summed E-state index contributed by atoms with van der Waals surface area (Å²) in [6, 6.07) is 0.458. The summed E-state index contributed by atoms with van der Waals surface area (Å²) in [5.41, 5.74) is 0.254. The first-order chi connectivity index (χ1) is 11.8. The van der Waals surface area contributed by atoms with E-state index in [1.165, 1.54) is 57.8 Å². The topological polar surface area (TPSA) is 32.3 Å². The van der Waals surface area contributed by atoms with E-state index in [1.54, 1.807) is 0 Å². The molecule has 0 saturated heterocycles. The lowest BCUT2D eigenvalue weighted by molar-refractivity contribution is -0.150. The van der Waals surface area contributed by atoms with Crippen molar-refractivity contribution in [1.29, 1.82) is 0 Å². The first-order valence-electron chi connectivity index (χ1n) is 11.3. The van der Waals surface area contributed by atoms with Crippen molar-refractivity contribution in [2.45, 2.75) is 104 Å². The molecule has 0 aromatic rings. The van der Waals surface area contributed by atoms with Crippen LogP contribution in [-0.2, 0) is 0 Å². The van der Waals surface area contributed by atoms with E-state index in [-0.39, 0.29) is 5.41 Å². The van der Waals surface area contributed by atoms with Gasteiger partial charge in [-0.3, -0.25) is 0 Å². The Hall–Kier alpha value is -0.0800. The molecule has 4 saturated carbocycles. The minimum atomic E-state index is -0.489. The molecule has 0 bridgehead atoms. The maximum absolute atomic E-state index is 11.6. The first-order valence-corrected chi connectivity index (χ1v) is 11.3. The second-order valence-electron chi connectivity index (χ2n) is 11.0. The Morgan fingerprint density at radius 1 is 0.920 bits per heavy atom. The summed E-state index contributed by atoms with van der Waals surface area (Å²) < 4.78 is 0. The molecule has 0 aliphatic heterocycles. The molecule has 2 N–H and O–H groups in total. The number of nitrogens with one attached hydrogen (secondary N) is 1. The highest BCUT2D eigenvalue weighted by Crippen LogP contribution is 2.68. The van der Waals surface area contributed by atoms with Crippen molar-refractivity contribution in [2.75, 3.05) is 6.54 Å². The Morgan fingerprint density at radius 2 is 1.68 bits per heavy atom. The first kappa shape index (κ1) is 18.3. The molecule has 2 heteroatoms. The van der Waals surface area contributed by atoms with Gasteiger partial charge in [0.15, 0.2) is 0 Å². The Bertz CT molecular complexity index is 504. The largest absolute Gasteiger partial charge is 0.388 e. The van der Waals surface area contributed by atoms with Gasteiger partial charge in [-0.2, -0.15) is 0 Å². The molecule has 25 heavy (non-hydrogen) atoms. The third-order valence-corrected chi connectivity index (χ3v) is 9.71. The lowest BCUT2D eigenvalue weighted by Crippen LogP contribution is -2.58. The minimum Gasteiger partial charge on any atom is -0.388 e. The van der Waals surface area contributed by atoms with Crippen LogP contribution in [-0.4, -0.2) is 23.3 Å². The van der Waals surface area contributed by atoms with Gasteiger partial charge in [0.05, 0.1) is 5.60 Å². The zero-order valence-electron chi connectivity index (χ0n) is 17.1. The maximum atomic E-state index is 11.6. The van der Waals surface area contributed by atoms with Crippen molar-refractivity contribution in [2.24, 2.45) is 34.5 Å². The van der Waals surface area contributed by atoms with Crippen molar-refractivity contribution in [3.05, 3.63) is 0 Å². The van der Waals surface area contributed by atoms with E-state index >= 15 is 0 Å². The third-order valence-electron chi connectivity index (χ3n) is 9.71. The number of aliphatic hydroxyl groups is 1. The second-order valence-corrected chi connectivity index (χ2v) is 11.0. The summed E-state index contributed by atoms with van der Waals surface area (Å²) in [5.74, 6) is 3.57. The van der Waals surface area contributed by atoms with E-state index in [0.29, 0.717) is 11.5 Å². The smallest absolute Gasteiger partial charge is 0.0827 e. The van der Waals surface area contributed by atoms with E-state index in [1.807, 2.05) is 0 Å². The molecule has 4 aliphatic carbocycles. The molecule has 0 unspecified atom stereocenters. The van der Waals surface area contributed by atoms with Crippen LogP contribution >= 0.6 is 0 Å². The monoisotopic (exact) mass is 347 g/mol. The SMILES string of the molecule is CC(C)NC[C@]1(O)CC[C@@H]2[C@@H]3CC[C@H]4CCCC[C@]4(C)[C@H]3CC[C@@]21C. The van der Waals surface area contributed by atoms with Crippen molar-refractivity contribution in [1.82, 2.24) is 5.32 Å². The average molecular weight is 348 g/mol. The molecule has 0 spiro atoms. The Kier molecular flexibility index (Phi) is 4.56. The predicted molar refractivity (Wildman–Crippen MR) is 104 cm³/mol. The fraction of sp³-hybridized carbons (Fsp3) is 1.00. The van der Waals surface area contributed by atoms with Crippen molar-refractivity contribution >= 4 is 0 Å². The number of hydrogen-bond donors (Lipinski definition) is 2. The van der Waals surface area contributed by atoms with E-state index in [4.69, 9.17) is 0 Å². The molecule has 0 amide bonds. The van der Waals surface area contributed by atoms with Gasteiger partial charge in [0, 0.05) is 18.0 Å². The molecule has 0 heterocycles.